The van der Waals surface area contributed by atoms with Gasteiger partial charge in [0, 0.05) is 25.7 Å². The second-order valence-corrected chi connectivity index (χ2v) is 4.72. The third kappa shape index (κ3) is 2.16. The van der Waals surface area contributed by atoms with Crippen LogP contribution in [0.4, 0.5) is 0 Å². The summed E-state index contributed by atoms with van der Waals surface area (Å²) in [5, 5.41) is 3.12. The molecule has 1 atom stereocenters. The number of nitrogens with one attached hydrogen (secondary N) is 1. The van der Waals surface area contributed by atoms with Gasteiger partial charge in [-0.05, 0) is 26.7 Å². The highest BCUT2D eigenvalue weighted by Gasteiger charge is 2.34. The maximum atomic E-state index is 11.8. The Morgan fingerprint density at radius 1 is 1.40 bits per heavy atom. The van der Waals surface area contributed by atoms with E-state index in [2.05, 4.69) is 29.0 Å². The van der Waals surface area contributed by atoms with Crippen molar-refractivity contribution >= 4 is 5.91 Å². The maximum absolute atomic E-state index is 11.8. The molecule has 0 spiro atoms. The van der Waals surface area contributed by atoms with E-state index in [4.69, 9.17) is 0 Å². The molecule has 2 heterocycles. The fourth-order valence-electron chi connectivity index (χ4n) is 2.64. The summed E-state index contributed by atoms with van der Waals surface area (Å²) in [7, 11) is 0. The molecule has 0 aromatic heterocycles. The minimum absolute atomic E-state index is 0.263. The van der Waals surface area contributed by atoms with Crippen molar-refractivity contribution in [3.63, 3.8) is 0 Å². The van der Waals surface area contributed by atoms with Crippen LogP contribution in [0.15, 0.2) is 0 Å². The van der Waals surface area contributed by atoms with Gasteiger partial charge in [0.1, 0.15) is 0 Å². The van der Waals surface area contributed by atoms with E-state index in [-0.39, 0.29) is 5.91 Å². The van der Waals surface area contributed by atoms with Crippen LogP contribution in [-0.4, -0.2) is 54.1 Å². The second-order valence-electron chi connectivity index (χ2n) is 4.72. The normalized spacial score (nSPS) is 29.1. The molecule has 86 valence electrons. The first-order valence-corrected chi connectivity index (χ1v) is 5.96. The van der Waals surface area contributed by atoms with E-state index in [0.29, 0.717) is 18.8 Å². The third-order valence-electron chi connectivity index (χ3n) is 3.41. The first-order chi connectivity index (χ1) is 7.20. The first-order valence-electron chi connectivity index (χ1n) is 5.96. The minimum Gasteiger partial charge on any atom is -0.325 e. The fourth-order valence-corrected chi connectivity index (χ4v) is 2.64. The zero-order valence-electron chi connectivity index (χ0n) is 9.70. The summed E-state index contributed by atoms with van der Waals surface area (Å²) >= 11 is 0. The summed E-state index contributed by atoms with van der Waals surface area (Å²) in [6.07, 6.45) is 2.73. The van der Waals surface area contributed by atoms with Crippen LogP contribution in [0.3, 0.4) is 0 Å². The number of amides is 1. The molecule has 1 amide bonds. The monoisotopic (exact) mass is 211 g/mol. The Morgan fingerprint density at radius 2 is 2.20 bits per heavy atom. The van der Waals surface area contributed by atoms with Crippen LogP contribution in [0.2, 0.25) is 0 Å². The summed E-state index contributed by atoms with van der Waals surface area (Å²) < 4.78 is 0. The van der Waals surface area contributed by atoms with E-state index in [1.807, 2.05) is 0 Å². The van der Waals surface area contributed by atoms with Crippen molar-refractivity contribution in [3.05, 3.63) is 0 Å². The molecule has 2 fully saturated rings. The molecule has 1 unspecified atom stereocenters. The first kappa shape index (κ1) is 10.9. The van der Waals surface area contributed by atoms with Gasteiger partial charge in [-0.25, -0.2) is 0 Å². The van der Waals surface area contributed by atoms with Gasteiger partial charge >= 0.3 is 0 Å². The summed E-state index contributed by atoms with van der Waals surface area (Å²) in [5.41, 5.74) is 0. The molecule has 0 aromatic carbocycles. The van der Waals surface area contributed by atoms with E-state index in [1.54, 1.807) is 0 Å². The topological polar surface area (TPSA) is 35.6 Å². The molecule has 0 aliphatic carbocycles. The van der Waals surface area contributed by atoms with Crippen molar-refractivity contribution < 1.29 is 4.79 Å². The van der Waals surface area contributed by atoms with Crippen molar-refractivity contribution in [3.8, 4) is 0 Å². The van der Waals surface area contributed by atoms with Gasteiger partial charge in [-0.3, -0.25) is 9.69 Å². The third-order valence-corrected chi connectivity index (χ3v) is 3.41. The van der Waals surface area contributed by atoms with Crippen LogP contribution in [0.1, 0.15) is 26.7 Å². The zero-order chi connectivity index (χ0) is 10.8. The van der Waals surface area contributed by atoms with E-state index >= 15 is 0 Å². The summed E-state index contributed by atoms with van der Waals surface area (Å²) in [6.45, 7) is 7.89. The highest BCUT2D eigenvalue weighted by Crippen LogP contribution is 2.23. The van der Waals surface area contributed by atoms with E-state index in [0.717, 1.165) is 26.1 Å². The SMILES string of the molecule is CC(C)N1CCCC1N1CCNCC1=O. The number of carbonyl (C=O) groups is 1. The van der Waals surface area contributed by atoms with E-state index < -0.39 is 0 Å². The molecule has 15 heavy (non-hydrogen) atoms. The molecule has 1 N–H and O–H groups in total. The van der Waals surface area contributed by atoms with Crippen LogP contribution >= 0.6 is 0 Å². The number of carbonyl (C=O) groups excluding carboxylic acids is 1. The second kappa shape index (κ2) is 4.49. The lowest BCUT2D eigenvalue weighted by Gasteiger charge is -2.39. The molecule has 2 saturated heterocycles. The van der Waals surface area contributed by atoms with Gasteiger partial charge in [0.2, 0.25) is 5.91 Å². The average Bonchev–Trinajstić information content (AvgIpc) is 2.67. The van der Waals surface area contributed by atoms with Crippen molar-refractivity contribution in [1.82, 2.24) is 15.1 Å². The molecular weight excluding hydrogens is 190 g/mol. The fraction of sp³-hybridized carbons (Fsp3) is 0.909. The number of nitrogens with zero attached hydrogens (tertiary/aromatic N) is 2. The van der Waals surface area contributed by atoms with Crippen molar-refractivity contribution in [2.45, 2.75) is 38.9 Å². The summed E-state index contributed by atoms with van der Waals surface area (Å²) in [6, 6.07) is 0.542. The molecular formula is C11H21N3O. The minimum atomic E-state index is 0.263. The Kier molecular flexibility index (Phi) is 3.26. The largest absolute Gasteiger partial charge is 0.325 e. The smallest absolute Gasteiger partial charge is 0.237 e. The van der Waals surface area contributed by atoms with Gasteiger partial charge in [0.15, 0.2) is 0 Å². The molecule has 2 rings (SSSR count). The van der Waals surface area contributed by atoms with Crippen LogP contribution < -0.4 is 5.32 Å². The number of hydrogen-bond donors (Lipinski definition) is 1. The molecule has 4 nitrogen and oxygen atoms in total. The predicted molar refractivity (Wildman–Crippen MR) is 59.4 cm³/mol. The van der Waals surface area contributed by atoms with Crippen LogP contribution in [-0.2, 0) is 4.79 Å². The lowest BCUT2D eigenvalue weighted by atomic mass is 10.2. The Morgan fingerprint density at radius 3 is 2.87 bits per heavy atom. The Hall–Kier alpha value is -0.610. The molecule has 2 aliphatic heterocycles. The molecule has 4 heteroatoms. The van der Waals surface area contributed by atoms with E-state index in [1.165, 1.54) is 6.42 Å². The number of likely N-dealkylation sites (tertiary alicyclic amines) is 1. The molecule has 0 radical (unpaired) electrons. The van der Waals surface area contributed by atoms with Gasteiger partial charge in [-0.2, -0.15) is 0 Å². The van der Waals surface area contributed by atoms with Gasteiger partial charge in [-0.15, -0.1) is 0 Å². The zero-order valence-corrected chi connectivity index (χ0v) is 9.70. The predicted octanol–water partition coefficient (Wildman–Crippen LogP) is 0.249. The standard InChI is InChI=1S/C11H21N3O/c1-9(2)13-6-3-4-10(13)14-7-5-12-8-11(14)15/h9-10,12H,3-8H2,1-2H3. The molecule has 0 bridgehead atoms. The lowest BCUT2D eigenvalue weighted by molar-refractivity contribution is -0.138. The van der Waals surface area contributed by atoms with Gasteiger partial charge in [0.05, 0.1) is 12.7 Å². The van der Waals surface area contributed by atoms with Gasteiger partial charge < -0.3 is 10.2 Å². The van der Waals surface area contributed by atoms with Crippen molar-refractivity contribution in [2.24, 2.45) is 0 Å². The lowest BCUT2D eigenvalue weighted by Crippen LogP contribution is -2.57. The molecule has 2 aliphatic rings. The van der Waals surface area contributed by atoms with Crippen LogP contribution in [0, 0.1) is 0 Å². The maximum Gasteiger partial charge on any atom is 0.237 e. The number of hydrogen-bond acceptors (Lipinski definition) is 3. The van der Waals surface area contributed by atoms with E-state index in [9.17, 15) is 4.79 Å². The average molecular weight is 211 g/mol. The van der Waals surface area contributed by atoms with Gasteiger partial charge in [-0.1, -0.05) is 0 Å². The van der Waals surface area contributed by atoms with Crippen molar-refractivity contribution in [2.75, 3.05) is 26.2 Å². The Labute approximate surface area is 91.6 Å². The highest BCUT2D eigenvalue weighted by molar-refractivity contribution is 5.79. The molecule has 0 saturated carbocycles. The number of piperazine rings is 1. The number of rotatable bonds is 2. The quantitative estimate of drug-likeness (QED) is 0.711. The highest BCUT2D eigenvalue weighted by atomic mass is 16.2. The molecule has 0 aromatic rings. The summed E-state index contributed by atoms with van der Waals surface area (Å²) in [4.78, 5) is 16.3. The Bertz CT molecular complexity index is 242. The van der Waals surface area contributed by atoms with Crippen LogP contribution in [0.5, 0.6) is 0 Å². The van der Waals surface area contributed by atoms with Crippen LogP contribution in [0.25, 0.3) is 0 Å². The van der Waals surface area contributed by atoms with Crippen molar-refractivity contribution in [1.29, 1.82) is 0 Å². The Balaban J connectivity index is 2.04. The summed E-state index contributed by atoms with van der Waals surface area (Å²) in [5.74, 6) is 0.263. The van der Waals surface area contributed by atoms with Gasteiger partial charge in [0.25, 0.3) is 0 Å².